The average molecular weight is 244 g/mol. The minimum atomic E-state index is -2.85. The summed E-state index contributed by atoms with van der Waals surface area (Å²) in [6, 6.07) is 2.59. The normalized spacial score (nSPS) is 26.2. The van der Waals surface area contributed by atoms with Crippen LogP contribution in [0.4, 0.5) is 0 Å². The largest absolute Gasteiger partial charge is 0.313 e. The third-order valence-corrected chi connectivity index (χ3v) is 4.06. The molecule has 0 aliphatic heterocycles. The highest BCUT2D eigenvalue weighted by Crippen LogP contribution is 2.23. The van der Waals surface area contributed by atoms with Crippen LogP contribution < -0.4 is 5.32 Å². The second-order valence-corrected chi connectivity index (χ2v) is 6.82. The highest BCUT2D eigenvalue weighted by Gasteiger charge is 2.23. The van der Waals surface area contributed by atoms with Crippen molar-refractivity contribution in [2.24, 2.45) is 5.92 Å². The van der Waals surface area contributed by atoms with Crippen molar-refractivity contribution < 1.29 is 8.42 Å². The number of nitrogens with one attached hydrogen (secondary N) is 1. The number of nitriles is 1. The Balaban J connectivity index is 2.24. The molecule has 0 bridgehead atoms. The van der Waals surface area contributed by atoms with E-state index in [1.807, 2.05) is 0 Å². The van der Waals surface area contributed by atoms with Crippen molar-refractivity contribution in [2.75, 3.05) is 18.6 Å². The fourth-order valence-corrected chi connectivity index (χ4v) is 2.82. The van der Waals surface area contributed by atoms with E-state index in [1.165, 1.54) is 12.7 Å². The molecule has 1 aliphatic rings. The molecular weight excluding hydrogens is 224 g/mol. The first-order valence-electron chi connectivity index (χ1n) is 5.83. The van der Waals surface area contributed by atoms with Crippen LogP contribution in [0.3, 0.4) is 0 Å². The summed E-state index contributed by atoms with van der Waals surface area (Å²) >= 11 is 0. The molecule has 16 heavy (non-hydrogen) atoms. The van der Waals surface area contributed by atoms with Gasteiger partial charge in [0, 0.05) is 12.3 Å². The highest BCUT2D eigenvalue weighted by molar-refractivity contribution is 7.90. The third kappa shape index (κ3) is 4.95. The minimum absolute atomic E-state index is 0.104. The first-order chi connectivity index (χ1) is 7.53. The second kappa shape index (κ2) is 6.21. The maximum absolute atomic E-state index is 10.9. The van der Waals surface area contributed by atoms with E-state index in [0.717, 1.165) is 19.3 Å². The average Bonchev–Trinajstić information content (AvgIpc) is 2.23. The summed E-state index contributed by atoms with van der Waals surface area (Å²) in [7, 11) is -2.85. The molecule has 0 heterocycles. The van der Waals surface area contributed by atoms with E-state index in [0.29, 0.717) is 13.0 Å². The van der Waals surface area contributed by atoms with Crippen molar-refractivity contribution in [3.05, 3.63) is 0 Å². The number of sulfone groups is 1. The first kappa shape index (κ1) is 13.5. The summed E-state index contributed by atoms with van der Waals surface area (Å²) in [6.07, 6.45) is 6.21. The fourth-order valence-electron chi connectivity index (χ4n) is 2.15. The van der Waals surface area contributed by atoms with Gasteiger partial charge in [0.1, 0.15) is 9.84 Å². The molecule has 0 saturated heterocycles. The molecule has 2 unspecified atom stereocenters. The van der Waals surface area contributed by atoms with Gasteiger partial charge in [0.05, 0.1) is 17.7 Å². The quantitative estimate of drug-likeness (QED) is 0.735. The Hall–Kier alpha value is -0.600. The molecule has 92 valence electrons. The zero-order chi connectivity index (χ0) is 12.0. The van der Waals surface area contributed by atoms with Crippen molar-refractivity contribution in [2.45, 2.75) is 38.1 Å². The lowest BCUT2D eigenvalue weighted by Crippen LogP contribution is -2.38. The monoisotopic (exact) mass is 244 g/mol. The maximum atomic E-state index is 10.9. The third-order valence-electron chi connectivity index (χ3n) is 3.03. The molecule has 1 saturated carbocycles. The van der Waals surface area contributed by atoms with Gasteiger partial charge in [-0.25, -0.2) is 8.42 Å². The SMILES string of the molecule is CS(=O)(=O)CCCNC1CCCCC1C#N. The number of nitrogens with zero attached hydrogens (tertiary/aromatic N) is 1. The molecule has 1 N–H and O–H groups in total. The number of rotatable bonds is 5. The second-order valence-electron chi connectivity index (χ2n) is 4.56. The molecule has 0 amide bonds. The van der Waals surface area contributed by atoms with Crippen molar-refractivity contribution in [3.8, 4) is 6.07 Å². The molecular formula is C11H20N2O2S. The van der Waals surface area contributed by atoms with Gasteiger partial charge in [-0.3, -0.25) is 0 Å². The van der Waals surface area contributed by atoms with Gasteiger partial charge in [-0.2, -0.15) is 5.26 Å². The van der Waals surface area contributed by atoms with E-state index >= 15 is 0 Å². The topological polar surface area (TPSA) is 70.0 Å². The Labute approximate surface area is 98.0 Å². The van der Waals surface area contributed by atoms with Crippen molar-refractivity contribution in [3.63, 3.8) is 0 Å². The van der Waals surface area contributed by atoms with E-state index in [1.54, 1.807) is 0 Å². The summed E-state index contributed by atoms with van der Waals surface area (Å²) in [5.74, 6) is 0.330. The Bertz CT molecular complexity index is 345. The van der Waals surface area contributed by atoms with Crippen LogP contribution in [0, 0.1) is 17.2 Å². The van der Waals surface area contributed by atoms with E-state index in [4.69, 9.17) is 5.26 Å². The van der Waals surface area contributed by atoms with Gasteiger partial charge in [-0.05, 0) is 25.8 Å². The fraction of sp³-hybridized carbons (Fsp3) is 0.909. The lowest BCUT2D eigenvalue weighted by atomic mass is 9.85. The summed E-state index contributed by atoms with van der Waals surface area (Å²) in [6.45, 7) is 0.690. The van der Waals surface area contributed by atoms with Crippen molar-refractivity contribution >= 4 is 9.84 Å². The van der Waals surface area contributed by atoms with Crippen LogP contribution in [-0.4, -0.2) is 33.0 Å². The Morgan fingerprint density at radius 2 is 2.06 bits per heavy atom. The van der Waals surface area contributed by atoms with Gasteiger partial charge in [0.25, 0.3) is 0 Å². The smallest absolute Gasteiger partial charge is 0.147 e. The van der Waals surface area contributed by atoms with E-state index < -0.39 is 9.84 Å². The Morgan fingerprint density at radius 1 is 1.38 bits per heavy atom. The Morgan fingerprint density at radius 3 is 2.69 bits per heavy atom. The van der Waals surface area contributed by atoms with Gasteiger partial charge in [0.15, 0.2) is 0 Å². The maximum Gasteiger partial charge on any atom is 0.147 e. The zero-order valence-corrected chi connectivity index (χ0v) is 10.6. The molecule has 2 atom stereocenters. The van der Waals surface area contributed by atoms with E-state index in [-0.39, 0.29) is 17.7 Å². The molecule has 1 rings (SSSR count). The van der Waals surface area contributed by atoms with E-state index in [9.17, 15) is 8.42 Å². The zero-order valence-electron chi connectivity index (χ0n) is 9.78. The van der Waals surface area contributed by atoms with Crippen LogP contribution in [-0.2, 0) is 9.84 Å². The summed E-state index contributed by atoms with van der Waals surface area (Å²) in [5, 5.41) is 12.3. The molecule has 1 fully saturated rings. The van der Waals surface area contributed by atoms with Crippen LogP contribution in [0.5, 0.6) is 0 Å². The molecule has 0 spiro atoms. The highest BCUT2D eigenvalue weighted by atomic mass is 32.2. The lowest BCUT2D eigenvalue weighted by Gasteiger charge is -2.27. The molecule has 0 aromatic rings. The van der Waals surface area contributed by atoms with Crippen molar-refractivity contribution in [1.82, 2.24) is 5.32 Å². The number of hydrogen-bond acceptors (Lipinski definition) is 4. The van der Waals surface area contributed by atoms with Crippen LogP contribution in [0.1, 0.15) is 32.1 Å². The standard InChI is InChI=1S/C11H20N2O2S/c1-16(14,15)8-4-7-13-11-6-3-2-5-10(11)9-12/h10-11,13H,2-8H2,1H3. The lowest BCUT2D eigenvalue weighted by molar-refractivity contribution is 0.313. The van der Waals surface area contributed by atoms with Crippen LogP contribution in [0.15, 0.2) is 0 Å². The van der Waals surface area contributed by atoms with Crippen LogP contribution >= 0.6 is 0 Å². The van der Waals surface area contributed by atoms with Gasteiger partial charge in [-0.1, -0.05) is 12.8 Å². The molecule has 1 aliphatic carbocycles. The molecule has 0 aromatic carbocycles. The molecule has 0 aromatic heterocycles. The summed E-state index contributed by atoms with van der Waals surface area (Å²) in [4.78, 5) is 0. The van der Waals surface area contributed by atoms with Gasteiger partial charge in [0.2, 0.25) is 0 Å². The molecule has 0 radical (unpaired) electrons. The minimum Gasteiger partial charge on any atom is -0.313 e. The summed E-state index contributed by atoms with van der Waals surface area (Å²) in [5.41, 5.74) is 0. The van der Waals surface area contributed by atoms with Crippen LogP contribution in [0.25, 0.3) is 0 Å². The predicted molar refractivity (Wildman–Crippen MR) is 63.7 cm³/mol. The van der Waals surface area contributed by atoms with Gasteiger partial charge >= 0.3 is 0 Å². The predicted octanol–water partition coefficient (Wildman–Crippen LogP) is 1.09. The van der Waals surface area contributed by atoms with E-state index in [2.05, 4.69) is 11.4 Å². The van der Waals surface area contributed by atoms with Gasteiger partial charge < -0.3 is 5.32 Å². The molecule has 5 heteroatoms. The van der Waals surface area contributed by atoms with Crippen LogP contribution in [0.2, 0.25) is 0 Å². The first-order valence-corrected chi connectivity index (χ1v) is 7.90. The van der Waals surface area contributed by atoms with Crippen molar-refractivity contribution in [1.29, 1.82) is 5.26 Å². The summed E-state index contributed by atoms with van der Waals surface area (Å²) < 4.78 is 21.8. The van der Waals surface area contributed by atoms with Gasteiger partial charge in [-0.15, -0.1) is 0 Å². The number of hydrogen-bond donors (Lipinski definition) is 1. The Kier molecular flexibility index (Phi) is 5.23. The molecule has 4 nitrogen and oxygen atoms in total.